The van der Waals surface area contributed by atoms with Crippen molar-refractivity contribution in [3.63, 3.8) is 0 Å². The van der Waals surface area contributed by atoms with Crippen LogP contribution < -0.4 is 11.1 Å². The fourth-order valence-corrected chi connectivity index (χ4v) is 4.14. The highest BCUT2D eigenvalue weighted by molar-refractivity contribution is 7.99. The van der Waals surface area contributed by atoms with Gasteiger partial charge in [-0.3, -0.25) is 4.79 Å². The molecule has 0 saturated carbocycles. The van der Waals surface area contributed by atoms with Gasteiger partial charge in [-0.25, -0.2) is 19.7 Å². The smallest absolute Gasteiger partial charge is 0.343 e. The molecule has 0 saturated heterocycles. The molecule has 10 heteroatoms. The number of nitrogens with two attached hydrogens (primary N) is 1. The van der Waals surface area contributed by atoms with Crippen LogP contribution in [0.4, 0.5) is 10.9 Å². The van der Waals surface area contributed by atoms with E-state index in [-0.39, 0.29) is 29.6 Å². The Kier molecular flexibility index (Phi) is 7.24. The maximum atomic E-state index is 12.3. The maximum Gasteiger partial charge on any atom is 0.343 e. The largest absolute Gasteiger partial charge is 0.462 e. The summed E-state index contributed by atoms with van der Waals surface area (Å²) in [6, 6.07) is 4.25. The molecule has 8 nitrogen and oxygen atoms in total. The number of ether oxygens (including phenoxy) is 1. The number of benzene rings is 1. The summed E-state index contributed by atoms with van der Waals surface area (Å²) in [6.45, 7) is 8.13. The Morgan fingerprint density at radius 1 is 1.16 bits per heavy atom. The highest BCUT2D eigenvalue weighted by atomic mass is 32.2. The first-order valence-corrected chi connectivity index (χ1v) is 11.4. The maximum absolute atomic E-state index is 12.3. The summed E-state index contributed by atoms with van der Waals surface area (Å²) in [5, 5.41) is 5.55. The predicted molar refractivity (Wildman–Crippen MR) is 124 cm³/mol. The summed E-state index contributed by atoms with van der Waals surface area (Å²) in [5.74, 6) is -0.715. The van der Waals surface area contributed by atoms with Crippen molar-refractivity contribution >= 4 is 45.9 Å². The second-order valence-corrected chi connectivity index (χ2v) is 8.60. The molecular formula is C21H23N5O3S2. The average Bonchev–Trinajstić information content (AvgIpc) is 3.17. The van der Waals surface area contributed by atoms with Gasteiger partial charge in [0, 0.05) is 17.1 Å². The number of aryl methyl sites for hydroxylation is 3. The number of esters is 1. The van der Waals surface area contributed by atoms with Crippen molar-refractivity contribution in [2.45, 2.75) is 32.9 Å². The van der Waals surface area contributed by atoms with Crippen LogP contribution in [0, 0.1) is 20.8 Å². The van der Waals surface area contributed by atoms with Gasteiger partial charge in [-0.2, -0.15) is 0 Å². The molecule has 0 unspecified atom stereocenters. The molecule has 1 aromatic carbocycles. The second-order valence-electron chi connectivity index (χ2n) is 6.80. The van der Waals surface area contributed by atoms with Gasteiger partial charge in [0.2, 0.25) is 5.91 Å². The molecule has 0 aliphatic heterocycles. The van der Waals surface area contributed by atoms with Gasteiger partial charge in [0.25, 0.3) is 0 Å². The van der Waals surface area contributed by atoms with Crippen LogP contribution in [0.2, 0.25) is 0 Å². The lowest BCUT2D eigenvalue weighted by Gasteiger charge is -2.07. The van der Waals surface area contributed by atoms with E-state index < -0.39 is 5.97 Å². The van der Waals surface area contributed by atoms with Crippen molar-refractivity contribution in [1.82, 2.24) is 15.0 Å². The van der Waals surface area contributed by atoms with E-state index in [2.05, 4.69) is 53.2 Å². The molecule has 0 aliphatic rings. The van der Waals surface area contributed by atoms with E-state index in [0.29, 0.717) is 10.3 Å². The Bertz CT molecular complexity index is 1130. The highest BCUT2D eigenvalue weighted by Gasteiger charge is 2.15. The van der Waals surface area contributed by atoms with Gasteiger partial charge >= 0.3 is 5.97 Å². The number of amides is 1. The number of carbonyl (C=O) groups is 2. The van der Waals surface area contributed by atoms with Gasteiger partial charge < -0.3 is 15.8 Å². The number of thioether (sulfide) groups is 1. The number of aromatic nitrogens is 3. The molecule has 3 N–H and O–H groups in total. The summed E-state index contributed by atoms with van der Waals surface area (Å²) < 4.78 is 4.89. The Labute approximate surface area is 188 Å². The molecule has 0 radical (unpaired) electrons. The lowest BCUT2D eigenvalue weighted by Crippen LogP contribution is -2.15. The Hall–Kier alpha value is -2.98. The quantitative estimate of drug-likeness (QED) is 0.310. The molecule has 31 heavy (non-hydrogen) atoms. The number of nitrogen functional groups attached to an aromatic ring is 1. The molecule has 0 aliphatic carbocycles. The molecule has 0 bridgehead atoms. The van der Waals surface area contributed by atoms with Crippen molar-refractivity contribution in [2.75, 3.05) is 23.4 Å². The zero-order valence-electron chi connectivity index (χ0n) is 17.7. The fraction of sp³-hybridized carbons (Fsp3) is 0.286. The third-order valence-corrected chi connectivity index (χ3v) is 6.11. The molecular weight excluding hydrogens is 434 g/mol. The van der Waals surface area contributed by atoms with Crippen molar-refractivity contribution in [2.24, 2.45) is 0 Å². The lowest BCUT2D eigenvalue weighted by molar-refractivity contribution is -0.113. The van der Waals surface area contributed by atoms with Crippen molar-refractivity contribution in [3.8, 4) is 11.3 Å². The van der Waals surface area contributed by atoms with Crippen molar-refractivity contribution in [3.05, 3.63) is 46.0 Å². The van der Waals surface area contributed by atoms with E-state index in [1.165, 1.54) is 28.7 Å². The molecule has 2 aromatic heterocycles. The molecule has 2 heterocycles. The predicted octanol–water partition coefficient (Wildman–Crippen LogP) is 4.02. The number of nitrogens with one attached hydrogen (secondary N) is 1. The van der Waals surface area contributed by atoms with Crippen LogP contribution in [-0.2, 0) is 9.53 Å². The van der Waals surface area contributed by atoms with E-state index in [9.17, 15) is 9.59 Å². The molecule has 1 amide bonds. The topological polar surface area (TPSA) is 120 Å². The molecule has 0 atom stereocenters. The normalized spacial score (nSPS) is 10.7. The van der Waals surface area contributed by atoms with E-state index in [1.54, 1.807) is 6.92 Å². The second kappa shape index (κ2) is 9.88. The van der Waals surface area contributed by atoms with Gasteiger partial charge in [0.05, 0.1) is 18.1 Å². The van der Waals surface area contributed by atoms with Crippen molar-refractivity contribution < 1.29 is 14.3 Å². The monoisotopic (exact) mass is 457 g/mol. The summed E-state index contributed by atoms with van der Waals surface area (Å²) in [7, 11) is 0. The van der Waals surface area contributed by atoms with Crippen LogP contribution >= 0.6 is 23.1 Å². The van der Waals surface area contributed by atoms with Gasteiger partial charge in [-0.15, -0.1) is 11.3 Å². The number of thiazole rings is 1. The van der Waals surface area contributed by atoms with Gasteiger partial charge in [-0.05, 0) is 50.5 Å². The molecule has 3 aromatic rings. The summed E-state index contributed by atoms with van der Waals surface area (Å²) in [6.07, 6.45) is 1.31. The van der Waals surface area contributed by atoms with Crippen LogP contribution in [0.3, 0.4) is 0 Å². The number of hydrogen-bond donors (Lipinski definition) is 2. The van der Waals surface area contributed by atoms with Gasteiger partial charge in [-0.1, -0.05) is 17.8 Å². The Balaban J connectivity index is 1.60. The minimum atomic E-state index is -0.576. The first-order chi connectivity index (χ1) is 14.8. The van der Waals surface area contributed by atoms with Crippen LogP contribution in [0.1, 0.15) is 34.0 Å². The highest BCUT2D eigenvalue weighted by Crippen LogP contribution is 2.29. The first-order valence-electron chi connectivity index (χ1n) is 9.54. The van der Waals surface area contributed by atoms with Crippen LogP contribution in [0.25, 0.3) is 11.3 Å². The van der Waals surface area contributed by atoms with Gasteiger partial charge in [0.15, 0.2) is 10.3 Å². The molecule has 162 valence electrons. The summed E-state index contributed by atoms with van der Waals surface area (Å²) in [4.78, 5) is 36.7. The summed E-state index contributed by atoms with van der Waals surface area (Å²) >= 11 is 2.49. The fourth-order valence-electron chi connectivity index (χ4n) is 2.79. The third-order valence-electron chi connectivity index (χ3n) is 4.49. The zero-order chi connectivity index (χ0) is 22.5. The number of rotatable bonds is 7. The number of anilines is 2. The van der Waals surface area contributed by atoms with Crippen LogP contribution in [-0.4, -0.2) is 39.2 Å². The molecule has 0 fully saturated rings. The van der Waals surface area contributed by atoms with E-state index >= 15 is 0 Å². The number of nitrogens with zero attached hydrogens (tertiary/aromatic N) is 3. The lowest BCUT2D eigenvalue weighted by atomic mass is 9.99. The third kappa shape index (κ3) is 5.59. The molecule has 0 spiro atoms. The average molecular weight is 458 g/mol. The number of carbonyl (C=O) groups excluding carboxylic acids is 2. The van der Waals surface area contributed by atoms with Gasteiger partial charge in [0.1, 0.15) is 11.4 Å². The standard InChI is InChI=1S/C21H23N5O3S2/c1-5-29-19(28)15-8-23-20(26-18(15)22)31-10-17(27)25-21-24-16(9-30-21)14-7-12(3)11(2)6-13(14)4/h6-9H,5,10H2,1-4H3,(H2,22,23,26)(H,24,25,27). The zero-order valence-corrected chi connectivity index (χ0v) is 19.3. The Morgan fingerprint density at radius 2 is 1.90 bits per heavy atom. The minimum absolute atomic E-state index is 0.0182. The summed E-state index contributed by atoms with van der Waals surface area (Å²) in [5.41, 5.74) is 11.4. The van der Waals surface area contributed by atoms with Crippen molar-refractivity contribution in [1.29, 1.82) is 0 Å². The SMILES string of the molecule is CCOC(=O)c1cnc(SCC(=O)Nc2nc(-c3cc(C)c(C)cc3C)cs2)nc1N. The van der Waals surface area contributed by atoms with E-state index in [0.717, 1.165) is 28.6 Å². The number of hydrogen-bond acceptors (Lipinski definition) is 9. The Morgan fingerprint density at radius 3 is 2.61 bits per heavy atom. The molecule has 3 rings (SSSR count). The van der Waals surface area contributed by atoms with E-state index in [1.807, 2.05) is 5.38 Å². The van der Waals surface area contributed by atoms with Crippen LogP contribution in [0.5, 0.6) is 0 Å². The van der Waals surface area contributed by atoms with Crippen LogP contribution in [0.15, 0.2) is 28.9 Å². The first kappa shape index (κ1) is 22.7. The van der Waals surface area contributed by atoms with E-state index in [4.69, 9.17) is 10.5 Å². The minimum Gasteiger partial charge on any atom is -0.462 e.